The molecule has 0 aromatic carbocycles. The molecule has 0 bridgehead atoms. The normalized spacial score (nSPS) is 12.0. The third-order valence-electron chi connectivity index (χ3n) is 2.36. The van der Waals surface area contributed by atoms with Gasteiger partial charge in [-0.05, 0) is 13.8 Å². The number of halogens is 1. The molecule has 108 valence electrons. The molecule has 0 unspecified atom stereocenters. The van der Waals surface area contributed by atoms with Crippen molar-refractivity contribution in [3.8, 4) is 5.88 Å². The second kappa shape index (κ2) is 6.95. The summed E-state index contributed by atoms with van der Waals surface area (Å²) in [6.45, 7) is 4.62. The van der Waals surface area contributed by atoms with Gasteiger partial charge in [0, 0.05) is 31.3 Å². The van der Waals surface area contributed by atoms with E-state index in [1.807, 2.05) is 6.92 Å². The Labute approximate surface area is 122 Å². The third-order valence-corrected chi connectivity index (χ3v) is 4.45. The molecule has 0 saturated heterocycles. The second-order valence-corrected chi connectivity index (χ2v) is 6.26. The van der Waals surface area contributed by atoms with Gasteiger partial charge in [-0.1, -0.05) is 22.0 Å². The van der Waals surface area contributed by atoms with E-state index >= 15 is 0 Å². The van der Waals surface area contributed by atoms with Crippen LogP contribution in [0.25, 0.3) is 0 Å². The number of nitrogens with zero attached hydrogens (tertiary/aromatic N) is 3. The first kappa shape index (κ1) is 16.0. The van der Waals surface area contributed by atoms with Crippen LogP contribution in [0.2, 0.25) is 0 Å². The smallest absolute Gasteiger partial charge is 0.270 e. The Bertz CT molecular complexity index is 539. The van der Waals surface area contributed by atoms with E-state index in [4.69, 9.17) is 4.74 Å². The topological polar surface area (TPSA) is 64.4 Å². The molecule has 0 radical (unpaired) electrons. The number of allylic oxidation sites excluding steroid dienone is 1. The summed E-state index contributed by atoms with van der Waals surface area (Å²) >= 11 is 3.21. The molecule has 1 rings (SSSR count). The van der Waals surface area contributed by atoms with Gasteiger partial charge in [0.05, 0.1) is 6.61 Å². The van der Waals surface area contributed by atoms with Crippen LogP contribution in [0.15, 0.2) is 23.4 Å². The molecule has 1 aromatic rings. The molecule has 1 aromatic heterocycles. The fourth-order valence-electron chi connectivity index (χ4n) is 1.38. The zero-order valence-corrected chi connectivity index (χ0v) is 13.6. The summed E-state index contributed by atoms with van der Waals surface area (Å²) < 4.78 is 32.8. The Morgan fingerprint density at radius 1 is 1.53 bits per heavy atom. The number of hydrogen-bond acceptors (Lipinski definition) is 4. The number of sulfonamides is 1. The van der Waals surface area contributed by atoms with Gasteiger partial charge in [-0.3, -0.25) is 8.99 Å². The molecule has 6 nitrogen and oxygen atoms in total. The first-order chi connectivity index (χ1) is 8.97. The molecule has 0 N–H and O–H groups in total. The van der Waals surface area contributed by atoms with Gasteiger partial charge in [0.2, 0.25) is 0 Å². The van der Waals surface area contributed by atoms with Gasteiger partial charge in [-0.15, -0.1) is 5.10 Å². The van der Waals surface area contributed by atoms with E-state index in [-0.39, 0.29) is 10.8 Å². The maximum absolute atomic E-state index is 12.4. The zero-order valence-electron chi connectivity index (χ0n) is 11.2. The lowest BCUT2D eigenvalue weighted by Gasteiger charge is -2.14. The first-order valence-corrected chi connectivity index (χ1v) is 8.44. The number of ether oxygens (including phenoxy) is 1. The van der Waals surface area contributed by atoms with Gasteiger partial charge in [0.15, 0.2) is 4.90 Å². The molecule has 0 aliphatic heterocycles. The zero-order chi connectivity index (χ0) is 14.5. The minimum Gasteiger partial charge on any atom is -0.476 e. The van der Waals surface area contributed by atoms with E-state index in [1.165, 1.54) is 19.4 Å². The number of rotatable bonds is 7. The van der Waals surface area contributed by atoms with Crippen molar-refractivity contribution in [3.63, 3.8) is 0 Å². The van der Waals surface area contributed by atoms with Crippen LogP contribution in [0.5, 0.6) is 5.88 Å². The van der Waals surface area contributed by atoms with Gasteiger partial charge in [0.25, 0.3) is 15.9 Å². The van der Waals surface area contributed by atoms with E-state index in [2.05, 4.69) is 21.0 Å². The van der Waals surface area contributed by atoms with E-state index in [0.29, 0.717) is 18.5 Å². The fraction of sp³-hybridized carbons (Fsp3) is 0.545. The van der Waals surface area contributed by atoms with Gasteiger partial charge in [-0.25, -0.2) is 8.42 Å². The van der Waals surface area contributed by atoms with E-state index in [0.717, 1.165) is 4.31 Å². The summed E-state index contributed by atoms with van der Waals surface area (Å²) in [4.78, 5) is 0.0814. The highest BCUT2D eigenvalue weighted by Crippen LogP contribution is 2.25. The molecule has 0 atom stereocenters. The summed E-state index contributed by atoms with van der Waals surface area (Å²) in [7, 11) is -2.16. The lowest BCUT2D eigenvalue weighted by molar-refractivity contribution is 0.313. The summed E-state index contributed by atoms with van der Waals surface area (Å²) in [6.07, 6.45) is 4.67. The van der Waals surface area contributed by atoms with Crippen LogP contribution in [-0.2, 0) is 16.6 Å². The second-order valence-electron chi connectivity index (χ2n) is 3.65. The monoisotopic (exact) mass is 351 g/mol. The van der Waals surface area contributed by atoms with Crippen LogP contribution in [-0.4, -0.2) is 41.5 Å². The lowest BCUT2D eigenvalue weighted by atomic mass is 10.6. The van der Waals surface area contributed by atoms with E-state index in [1.54, 1.807) is 17.7 Å². The maximum Gasteiger partial charge on any atom is 0.270 e. The number of hydrogen-bond donors (Lipinski definition) is 0. The van der Waals surface area contributed by atoms with E-state index in [9.17, 15) is 8.42 Å². The van der Waals surface area contributed by atoms with Gasteiger partial charge >= 0.3 is 0 Å². The predicted molar refractivity (Wildman–Crippen MR) is 77.0 cm³/mol. The molecule has 0 fully saturated rings. The highest BCUT2D eigenvalue weighted by molar-refractivity contribution is 9.09. The van der Waals surface area contributed by atoms with Crippen molar-refractivity contribution in [2.45, 2.75) is 25.3 Å². The van der Waals surface area contributed by atoms with Crippen molar-refractivity contribution < 1.29 is 13.2 Å². The lowest BCUT2D eigenvalue weighted by Crippen LogP contribution is -2.21. The van der Waals surface area contributed by atoms with Crippen molar-refractivity contribution in [2.75, 3.05) is 19.0 Å². The fourth-order valence-corrected chi connectivity index (χ4v) is 2.68. The van der Waals surface area contributed by atoms with Crippen LogP contribution in [0.1, 0.15) is 13.8 Å². The van der Waals surface area contributed by atoms with Crippen molar-refractivity contribution in [1.29, 1.82) is 0 Å². The third kappa shape index (κ3) is 3.73. The molecule has 0 aliphatic carbocycles. The summed E-state index contributed by atoms with van der Waals surface area (Å²) in [5, 5.41) is 4.69. The average Bonchev–Trinajstić information content (AvgIpc) is 2.80. The van der Waals surface area contributed by atoms with Gasteiger partial charge < -0.3 is 4.74 Å². The molecule has 0 amide bonds. The van der Waals surface area contributed by atoms with Crippen molar-refractivity contribution in [2.24, 2.45) is 0 Å². The van der Waals surface area contributed by atoms with Gasteiger partial charge in [0.1, 0.15) is 0 Å². The van der Waals surface area contributed by atoms with Crippen LogP contribution in [0.4, 0.5) is 0 Å². The number of aromatic nitrogens is 2. The Hall–Kier alpha value is -1.02. The van der Waals surface area contributed by atoms with Crippen LogP contribution in [0, 0.1) is 0 Å². The van der Waals surface area contributed by atoms with Crippen molar-refractivity contribution in [1.82, 2.24) is 14.1 Å². The van der Waals surface area contributed by atoms with Crippen LogP contribution < -0.4 is 4.74 Å². The standard InChI is InChI=1S/C11H18BrN3O3S/c1-4-15-9-10(11(13-15)18-5-2)19(16,17)14(3)8-6-7-12/h6,8-9H,4-5,7H2,1-3H3. The Balaban J connectivity index is 3.19. The molecule has 1 heterocycles. The molecule has 0 spiro atoms. The number of aryl methyl sites for hydroxylation is 1. The molecular formula is C11H18BrN3O3S. The SMILES string of the molecule is CCOc1nn(CC)cc1S(=O)(=O)N(C)C=CCBr. The van der Waals surface area contributed by atoms with E-state index < -0.39 is 10.0 Å². The molecule has 8 heteroatoms. The van der Waals surface area contributed by atoms with Crippen LogP contribution >= 0.6 is 15.9 Å². The Morgan fingerprint density at radius 3 is 2.74 bits per heavy atom. The van der Waals surface area contributed by atoms with Gasteiger partial charge in [-0.2, -0.15) is 0 Å². The largest absolute Gasteiger partial charge is 0.476 e. The molecule has 0 saturated carbocycles. The minimum absolute atomic E-state index is 0.0814. The Kier molecular flexibility index (Phi) is 5.86. The summed E-state index contributed by atoms with van der Waals surface area (Å²) in [5.41, 5.74) is 0. The van der Waals surface area contributed by atoms with Crippen molar-refractivity contribution in [3.05, 3.63) is 18.5 Å². The quantitative estimate of drug-likeness (QED) is 0.703. The molecule has 19 heavy (non-hydrogen) atoms. The van der Waals surface area contributed by atoms with Crippen LogP contribution in [0.3, 0.4) is 0 Å². The first-order valence-electron chi connectivity index (χ1n) is 5.88. The van der Waals surface area contributed by atoms with Crippen molar-refractivity contribution >= 4 is 26.0 Å². The number of alkyl halides is 1. The summed E-state index contributed by atoms with van der Waals surface area (Å²) in [6, 6.07) is 0. The molecule has 0 aliphatic rings. The highest BCUT2D eigenvalue weighted by Gasteiger charge is 2.26. The predicted octanol–water partition coefficient (Wildman–Crippen LogP) is 1.83. The Morgan fingerprint density at radius 2 is 2.21 bits per heavy atom. The molecular weight excluding hydrogens is 334 g/mol. The highest BCUT2D eigenvalue weighted by atomic mass is 79.9. The average molecular weight is 352 g/mol. The minimum atomic E-state index is -3.64. The summed E-state index contributed by atoms with van der Waals surface area (Å²) in [5.74, 6) is 0.142. The maximum atomic E-state index is 12.4.